The zero-order chi connectivity index (χ0) is 18.3. The SMILES string of the molecule is Cc1noc(C)c1-n1c(/C=N/O)c(C)c(Br)c1-c1ccc(O)c(F)c1. The van der Waals surface area contributed by atoms with Crippen LogP contribution in [0.4, 0.5) is 4.39 Å². The largest absolute Gasteiger partial charge is 0.505 e. The molecule has 0 saturated carbocycles. The van der Waals surface area contributed by atoms with Crippen molar-refractivity contribution in [3.8, 4) is 22.7 Å². The first kappa shape index (κ1) is 17.2. The fourth-order valence-corrected chi connectivity index (χ4v) is 3.43. The highest BCUT2D eigenvalue weighted by Crippen LogP contribution is 2.39. The van der Waals surface area contributed by atoms with E-state index >= 15 is 0 Å². The van der Waals surface area contributed by atoms with Crippen molar-refractivity contribution in [2.45, 2.75) is 20.8 Å². The standard InChI is InChI=1S/C17H15BrFN3O3/c1-8-13(7-20-24)22(16-9(2)21-25-10(16)3)17(15(8)18)11-4-5-14(23)12(19)6-11/h4-7,23-24H,1-3H3/b20-7+. The maximum atomic E-state index is 13.9. The number of hydrogen-bond acceptors (Lipinski definition) is 5. The zero-order valence-corrected chi connectivity index (χ0v) is 15.3. The molecule has 2 N–H and O–H groups in total. The molecule has 25 heavy (non-hydrogen) atoms. The third-order valence-corrected chi connectivity index (χ3v) is 4.98. The second kappa shape index (κ2) is 6.36. The minimum atomic E-state index is -0.731. The molecule has 0 unspecified atom stereocenters. The summed E-state index contributed by atoms with van der Waals surface area (Å²) in [5, 5.41) is 25.6. The van der Waals surface area contributed by atoms with Crippen LogP contribution in [0.5, 0.6) is 5.75 Å². The van der Waals surface area contributed by atoms with Crippen LogP contribution in [0.1, 0.15) is 22.7 Å². The Labute approximate surface area is 151 Å². The van der Waals surface area contributed by atoms with Crippen molar-refractivity contribution in [1.82, 2.24) is 9.72 Å². The first-order valence-corrected chi connectivity index (χ1v) is 8.16. The highest BCUT2D eigenvalue weighted by molar-refractivity contribution is 9.10. The lowest BCUT2D eigenvalue weighted by atomic mass is 10.1. The summed E-state index contributed by atoms with van der Waals surface area (Å²) in [6.45, 7) is 5.39. The van der Waals surface area contributed by atoms with Crippen LogP contribution in [0.2, 0.25) is 0 Å². The van der Waals surface area contributed by atoms with Crippen LogP contribution in [0.15, 0.2) is 32.4 Å². The maximum Gasteiger partial charge on any atom is 0.165 e. The van der Waals surface area contributed by atoms with Crippen LogP contribution in [0.25, 0.3) is 16.9 Å². The number of halogens is 2. The Bertz CT molecular complexity index is 972. The van der Waals surface area contributed by atoms with E-state index in [9.17, 15) is 9.50 Å². The molecule has 0 atom stereocenters. The molecule has 0 amide bonds. The Morgan fingerprint density at radius 2 is 2.04 bits per heavy atom. The van der Waals surface area contributed by atoms with Crippen molar-refractivity contribution in [3.05, 3.63) is 51.2 Å². The number of phenolic OH excluding ortho intramolecular Hbond substituents is 1. The van der Waals surface area contributed by atoms with E-state index in [-0.39, 0.29) is 0 Å². The highest BCUT2D eigenvalue weighted by atomic mass is 79.9. The number of hydrogen-bond donors (Lipinski definition) is 2. The smallest absolute Gasteiger partial charge is 0.165 e. The summed E-state index contributed by atoms with van der Waals surface area (Å²) < 4.78 is 21.7. The Morgan fingerprint density at radius 1 is 1.32 bits per heavy atom. The number of nitrogens with zero attached hydrogens (tertiary/aromatic N) is 3. The Kier molecular flexibility index (Phi) is 4.38. The molecule has 0 aliphatic rings. The lowest BCUT2D eigenvalue weighted by Gasteiger charge is -2.12. The zero-order valence-electron chi connectivity index (χ0n) is 13.7. The number of aryl methyl sites for hydroxylation is 2. The van der Waals surface area contributed by atoms with Gasteiger partial charge in [0.05, 0.1) is 17.6 Å². The van der Waals surface area contributed by atoms with Gasteiger partial charge in [0.1, 0.15) is 11.4 Å². The molecule has 0 spiro atoms. The molecule has 130 valence electrons. The summed E-state index contributed by atoms with van der Waals surface area (Å²) in [7, 11) is 0. The van der Waals surface area contributed by atoms with Crippen LogP contribution in [-0.4, -0.2) is 26.3 Å². The van der Waals surface area contributed by atoms with Crippen molar-refractivity contribution in [3.63, 3.8) is 0 Å². The minimum absolute atomic E-state index is 0.427. The van der Waals surface area contributed by atoms with E-state index in [4.69, 9.17) is 9.73 Å². The number of aromatic hydroxyl groups is 1. The molecule has 8 heteroatoms. The summed E-state index contributed by atoms with van der Waals surface area (Å²) in [5.74, 6) is -0.594. The molecule has 0 saturated heterocycles. The number of oxime groups is 1. The van der Waals surface area contributed by atoms with Gasteiger partial charge in [-0.1, -0.05) is 10.3 Å². The highest BCUT2D eigenvalue weighted by Gasteiger charge is 2.25. The first-order valence-electron chi connectivity index (χ1n) is 7.37. The fourth-order valence-electron chi connectivity index (χ4n) is 2.83. The number of phenols is 1. The summed E-state index contributed by atoms with van der Waals surface area (Å²) in [5.41, 5.74) is 3.84. The van der Waals surface area contributed by atoms with Gasteiger partial charge in [0.25, 0.3) is 0 Å². The average molecular weight is 408 g/mol. The predicted octanol–water partition coefficient (Wildman–Crippen LogP) is 4.47. The minimum Gasteiger partial charge on any atom is -0.505 e. The van der Waals surface area contributed by atoms with Gasteiger partial charge in [-0.05, 0) is 60.5 Å². The van der Waals surface area contributed by atoms with Crippen molar-refractivity contribution < 1.29 is 19.2 Å². The lowest BCUT2D eigenvalue weighted by molar-refractivity contribution is 0.321. The molecule has 0 aliphatic heterocycles. The quantitative estimate of drug-likeness (QED) is 0.381. The third-order valence-electron chi connectivity index (χ3n) is 4.01. The Morgan fingerprint density at radius 3 is 2.60 bits per heavy atom. The molecule has 2 aromatic heterocycles. The molecule has 2 heterocycles. The summed E-state index contributed by atoms with van der Waals surface area (Å²) >= 11 is 3.54. The van der Waals surface area contributed by atoms with Crippen LogP contribution >= 0.6 is 15.9 Å². The third kappa shape index (κ3) is 2.72. The molecular weight excluding hydrogens is 393 g/mol. The summed E-state index contributed by atoms with van der Waals surface area (Å²) in [4.78, 5) is 0. The van der Waals surface area contributed by atoms with Gasteiger partial charge in [-0.15, -0.1) is 0 Å². The Balaban J connectivity index is 2.43. The summed E-state index contributed by atoms with van der Waals surface area (Å²) in [6, 6.07) is 4.13. The average Bonchev–Trinajstić information content (AvgIpc) is 3.02. The van der Waals surface area contributed by atoms with Gasteiger partial charge in [0, 0.05) is 10.0 Å². The monoisotopic (exact) mass is 407 g/mol. The van der Waals surface area contributed by atoms with E-state index in [1.165, 1.54) is 18.3 Å². The summed E-state index contributed by atoms with van der Waals surface area (Å²) in [6.07, 6.45) is 1.30. The molecule has 3 rings (SSSR count). The van der Waals surface area contributed by atoms with Gasteiger partial charge in [-0.2, -0.15) is 0 Å². The molecule has 0 fully saturated rings. The maximum absolute atomic E-state index is 13.9. The van der Waals surface area contributed by atoms with E-state index in [0.29, 0.717) is 38.6 Å². The molecular formula is C17H15BrFN3O3. The number of benzene rings is 1. The van der Waals surface area contributed by atoms with Gasteiger partial charge in [-0.3, -0.25) is 0 Å². The molecule has 1 aromatic carbocycles. The van der Waals surface area contributed by atoms with E-state index in [1.807, 2.05) is 6.92 Å². The molecule has 0 radical (unpaired) electrons. The Hall–Kier alpha value is -2.61. The second-order valence-electron chi connectivity index (χ2n) is 5.59. The van der Waals surface area contributed by atoms with Crippen LogP contribution in [-0.2, 0) is 0 Å². The van der Waals surface area contributed by atoms with Gasteiger partial charge < -0.3 is 19.4 Å². The van der Waals surface area contributed by atoms with E-state index in [1.54, 1.807) is 24.5 Å². The van der Waals surface area contributed by atoms with Crippen molar-refractivity contribution in [2.75, 3.05) is 0 Å². The first-order chi connectivity index (χ1) is 11.9. The van der Waals surface area contributed by atoms with Crippen LogP contribution in [0.3, 0.4) is 0 Å². The van der Waals surface area contributed by atoms with E-state index < -0.39 is 11.6 Å². The molecule has 0 bridgehead atoms. The number of rotatable bonds is 3. The molecule has 3 aromatic rings. The van der Waals surface area contributed by atoms with Crippen molar-refractivity contribution in [2.24, 2.45) is 5.16 Å². The lowest BCUT2D eigenvalue weighted by Crippen LogP contribution is -2.05. The predicted molar refractivity (Wildman–Crippen MR) is 94.2 cm³/mol. The van der Waals surface area contributed by atoms with E-state index in [2.05, 4.69) is 26.2 Å². The second-order valence-corrected chi connectivity index (χ2v) is 6.38. The van der Waals surface area contributed by atoms with Crippen molar-refractivity contribution >= 4 is 22.1 Å². The van der Waals surface area contributed by atoms with Gasteiger partial charge in [0.2, 0.25) is 0 Å². The van der Waals surface area contributed by atoms with Crippen molar-refractivity contribution in [1.29, 1.82) is 0 Å². The van der Waals surface area contributed by atoms with Crippen LogP contribution < -0.4 is 0 Å². The molecule has 6 nitrogen and oxygen atoms in total. The molecule has 0 aliphatic carbocycles. The van der Waals surface area contributed by atoms with Crippen LogP contribution in [0, 0.1) is 26.6 Å². The topological polar surface area (TPSA) is 83.8 Å². The van der Waals surface area contributed by atoms with E-state index in [0.717, 1.165) is 5.56 Å². The van der Waals surface area contributed by atoms with Gasteiger partial charge >= 0.3 is 0 Å². The normalized spacial score (nSPS) is 11.6. The fraction of sp³-hybridized carbons (Fsp3) is 0.176. The van der Waals surface area contributed by atoms with Gasteiger partial charge in [0.15, 0.2) is 17.3 Å². The van der Waals surface area contributed by atoms with Gasteiger partial charge in [-0.25, -0.2) is 4.39 Å². The number of aromatic nitrogens is 2.